The maximum atomic E-state index is 11.1. The lowest BCUT2D eigenvalue weighted by Crippen LogP contribution is -2.26. The summed E-state index contributed by atoms with van der Waals surface area (Å²) < 4.78 is 0. The summed E-state index contributed by atoms with van der Waals surface area (Å²) in [7, 11) is 0. The summed E-state index contributed by atoms with van der Waals surface area (Å²) >= 11 is 0. The Labute approximate surface area is 240 Å². The van der Waals surface area contributed by atoms with Crippen molar-refractivity contribution in [3.8, 4) is 6.07 Å². The third-order valence-corrected chi connectivity index (χ3v) is 8.08. The number of aliphatic carboxylic acids is 1. The van der Waals surface area contributed by atoms with E-state index in [0.717, 1.165) is 24.0 Å². The molecule has 41 heavy (non-hydrogen) atoms. The van der Waals surface area contributed by atoms with Crippen molar-refractivity contribution < 1.29 is 9.90 Å². The molecule has 0 radical (unpaired) electrons. The van der Waals surface area contributed by atoms with Crippen LogP contribution in [0.15, 0.2) is 121 Å². The fraction of sp³-hybridized carbons (Fsp3) is 0.135. The maximum absolute atomic E-state index is 11.1. The third-order valence-electron chi connectivity index (χ3n) is 8.08. The number of carbonyl (C=O) groups is 1. The molecule has 2 atom stereocenters. The highest BCUT2D eigenvalue weighted by molar-refractivity contribution is 5.92. The van der Waals surface area contributed by atoms with Crippen LogP contribution in [0.25, 0.3) is 17.7 Å². The number of hydrogen-bond acceptors (Lipinski definition) is 3. The van der Waals surface area contributed by atoms with E-state index in [4.69, 9.17) is 10.4 Å². The minimum absolute atomic E-state index is 0.276. The Morgan fingerprint density at radius 3 is 2.15 bits per heavy atom. The van der Waals surface area contributed by atoms with Crippen LogP contribution < -0.4 is 4.90 Å². The highest BCUT2D eigenvalue weighted by Gasteiger charge is 2.42. The van der Waals surface area contributed by atoms with E-state index in [1.807, 2.05) is 18.2 Å². The van der Waals surface area contributed by atoms with Gasteiger partial charge in [0.25, 0.3) is 0 Å². The van der Waals surface area contributed by atoms with Gasteiger partial charge in [0.2, 0.25) is 0 Å². The summed E-state index contributed by atoms with van der Waals surface area (Å²) in [5, 5.41) is 18.1. The second kappa shape index (κ2) is 11.5. The molecule has 1 aliphatic heterocycles. The zero-order valence-electron chi connectivity index (χ0n) is 22.7. The molecule has 4 nitrogen and oxygen atoms in total. The average Bonchev–Trinajstić information content (AvgIpc) is 3.60. The number of hydrogen-bond donors (Lipinski definition) is 1. The predicted molar refractivity (Wildman–Crippen MR) is 166 cm³/mol. The minimum atomic E-state index is -1.21. The van der Waals surface area contributed by atoms with E-state index in [1.165, 1.54) is 46.1 Å². The van der Waals surface area contributed by atoms with Crippen LogP contribution in [0.3, 0.4) is 0 Å². The highest BCUT2D eigenvalue weighted by atomic mass is 16.4. The minimum Gasteiger partial charge on any atom is -0.477 e. The van der Waals surface area contributed by atoms with Crippen molar-refractivity contribution in [2.75, 3.05) is 4.90 Å². The molecule has 0 bridgehead atoms. The number of nitriles is 1. The Hall–Kier alpha value is -5.14. The fourth-order valence-electron chi connectivity index (χ4n) is 6.19. The number of nitrogens with zero attached hydrogens (tertiary/aromatic N) is 2. The Morgan fingerprint density at radius 1 is 0.854 bits per heavy atom. The Kier molecular flexibility index (Phi) is 7.34. The summed E-state index contributed by atoms with van der Waals surface area (Å²) in [6.07, 6.45) is 10.6. The van der Waals surface area contributed by atoms with E-state index in [2.05, 4.69) is 102 Å². The molecule has 4 aromatic carbocycles. The summed E-state index contributed by atoms with van der Waals surface area (Å²) in [5.74, 6) is -0.738. The third kappa shape index (κ3) is 5.35. The van der Waals surface area contributed by atoms with Crippen LogP contribution in [0.1, 0.15) is 53.0 Å². The second-order valence-corrected chi connectivity index (χ2v) is 10.5. The van der Waals surface area contributed by atoms with Gasteiger partial charge in [-0.15, -0.1) is 0 Å². The molecular weight excluding hydrogens is 504 g/mol. The lowest BCUT2D eigenvalue weighted by atomic mass is 9.95. The molecule has 1 N–H and O–H groups in total. The van der Waals surface area contributed by atoms with Gasteiger partial charge in [-0.05, 0) is 82.6 Å². The van der Waals surface area contributed by atoms with Crippen LogP contribution >= 0.6 is 0 Å². The van der Waals surface area contributed by atoms with Gasteiger partial charge in [-0.2, -0.15) is 5.26 Å². The van der Waals surface area contributed by atoms with Gasteiger partial charge in [0.1, 0.15) is 11.6 Å². The van der Waals surface area contributed by atoms with E-state index >= 15 is 0 Å². The normalized spacial score (nSPS) is 17.6. The maximum Gasteiger partial charge on any atom is 0.346 e. The monoisotopic (exact) mass is 534 g/mol. The molecule has 4 heteroatoms. The highest BCUT2D eigenvalue weighted by Crippen LogP contribution is 2.52. The standard InChI is InChI=1S/C37H30N2O2/c38-25-30(37(40)41)14-7-9-26-19-22-36-34(24-26)32-15-8-16-35(32)39(36)31-20-17-27(18-21-31)23-33(28-10-3-1-4-11-28)29-12-5-2-6-13-29/h1-7,9-14,17-24,32,35H,8,15-16H2,(H,40,41)/b9-7+,30-14+. The zero-order chi connectivity index (χ0) is 28.2. The number of fused-ring (bicyclic) bond motifs is 3. The van der Waals surface area contributed by atoms with Crippen molar-refractivity contribution in [2.45, 2.75) is 31.2 Å². The van der Waals surface area contributed by atoms with Gasteiger partial charge in [0.05, 0.1) is 0 Å². The summed E-state index contributed by atoms with van der Waals surface area (Å²) in [6, 6.07) is 38.5. The van der Waals surface area contributed by atoms with E-state index in [-0.39, 0.29) is 5.57 Å². The molecule has 1 aliphatic carbocycles. The largest absolute Gasteiger partial charge is 0.477 e. The van der Waals surface area contributed by atoms with Crippen LogP contribution in [-0.4, -0.2) is 17.1 Å². The molecule has 4 aromatic rings. The van der Waals surface area contributed by atoms with E-state index in [1.54, 1.807) is 12.1 Å². The molecule has 0 saturated heterocycles. The molecule has 1 heterocycles. The van der Waals surface area contributed by atoms with Gasteiger partial charge in [-0.3, -0.25) is 0 Å². The van der Waals surface area contributed by atoms with Crippen molar-refractivity contribution in [1.29, 1.82) is 5.26 Å². The van der Waals surface area contributed by atoms with Crippen LogP contribution in [0.2, 0.25) is 0 Å². The molecule has 6 rings (SSSR count). The predicted octanol–water partition coefficient (Wildman–Crippen LogP) is 8.61. The Balaban J connectivity index is 1.30. The molecule has 200 valence electrons. The molecule has 0 amide bonds. The van der Waals surface area contributed by atoms with Crippen molar-refractivity contribution in [2.24, 2.45) is 0 Å². The first kappa shape index (κ1) is 26.1. The summed E-state index contributed by atoms with van der Waals surface area (Å²) in [4.78, 5) is 13.6. The first-order valence-electron chi connectivity index (χ1n) is 14.0. The smallest absolute Gasteiger partial charge is 0.346 e. The number of anilines is 2. The lowest BCUT2D eigenvalue weighted by molar-refractivity contribution is -0.132. The number of rotatable bonds is 7. The molecule has 1 fully saturated rings. The first-order valence-corrected chi connectivity index (χ1v) is 14.0. The van der Waals surface area contributed by atoms with Crippen LogP contribution in [0, 0.1) is 11.3 Å². The molecular formula is C37H30N2O2. The average molecular weight is 535 g/mol. The molecule has 0 aromatic heterocycles. The molecule has 1 saturated carbocycles. The van der Waals surface area contributed by atoms with Crippen molar-refractivity contribution in [3.05, 3.63) is 149 Å². The Morgan fingerprint density at radius 2 is 1.51 bits per heavy atom. The van der Waals surface area contributed by atoms with Crippen LogP contribution in [0.5, 0.6) is 0 Å². The van der Waals surface area contributed by atoms with Gasteiger partial charge >= 0.3 is 5.97 Å². The SMILES string of the molecule is N#C/C(=C\C=C\c1ccc2c(c1)C1CCCC1N2c1ccc(C=C(c2ccccc2)c2ccccc2)cc1)C(=O)O. The van der Waals surface area contributed by atoms with Crippen LogP contribution in [0.4, 0.5) is 11.4 Å². The second-order valence-electron chi connectivity index (χ2n) is 10.5. The first-order chi connectivity index (χ1) is 20.1. The van der Waals surface area contributed by atoms with E-state index in [0.29, 0.717) is 12.0 Å². The summed E-state index contributed by atoms with van der Waals surface area (Å²) in [5.41, 5.74) is 9.25. The quantitative estimate of drug-likeness (QED) is 0.112. The molecule has 2 aliphatic rings. The van der Waals surface area contributed by atoms with Gasteiger partial charge in [-0.25, -0.2) is 4.79 Å². The number of allylic oxidation sites excluding steroid dienone is 2. The molecule has 0 spiro atoms. The van der Waals surface area contributed by atoms with E-state index in [9.17, 15) is 4.79 Å². The van der Waals surface area contributed by atoms with Gasteiger partial charge in [0.15, 0.2) is 0 Å². The fourth-order valence-corrected chi connectivity index (χ4v) is 6.19. The summed E-state index contributed by atoms with van der Waals surface area (Å²) in [6.45, 7) is 0. The van der Waals surface area contributed by atoms with Gasteiger partial charge in [-0.1, -0.05) is 97.4 Å². The zero-order valence-corrected chi connectivity index (χ0v) is 22.7. The number of carboxylic acids is 1. The lowest BCUT2D eigenvalue weighted by Gasteiger charge is -2.27. The van der Waals surface area contributed by atoms with Crippen molar-refractivity contribution >= 4 is 35.1 Å². The topological polar surface area (TPSA) is 64.3 Å². The van der Waals surface area contributed by atoms with Crippen LogP contribution in [-0.2, 0) is 4.79 Å². The molecule has 2 unspecified atom stereocenters. The van der Waals surface area contributed by atoms with Gasteiger partial charge in [0, 0.05) is 23.3 Å². The number of benzene rings is 4. The van der Waals surface area contributed by atoms with Gasteiger partial charge < -0.3 is 10.0 Å². The van der Waals surface area contributed by atoms with E-state index < -0.39 is 5.97 Å². The number of carboxylic acid groups (broad SMARTS) is 1. The van der Waals surface area contributed by atoms with Crippen molar-refractivity contribution in [1.82, 2.24) is 0 Å². The Bertz CT molecular complexity index is 1650. The van der Waals surface area contributed by atoms with Crippen molar-refractivity contribution in [3.63, 3.8) is 0 Å².